The second kappa shape index (κ2) is 8.25. The first-order chi connectivity index (χ1) is 11.2. The first kappa shape index (κ1) is 16.9. The zero-order valence-electron chi connectivity index (χ0n) is 12.8. The maximum Gasteiger partial charge on any atom is 0.338 e. The van der Waals surface area contributed by atoms with Gasteiger partial charge in [0.25, 0.3) is 0 Å². The van der Waals surface area contributed by atoms with Crippen LogP contribution in [0.1, 0.15) is 15.9 Å². The Hall–Kier alpha value is -2.46. The van der Waals surface area contributed by atoms with Crippen molar-refractivity contribution in [3.8, 4) is 11.5 Å². The molecule has 0 amide bonds. The number of hydrogen-bond donors (Lipinski definition) is 0. The molecule has 0 fully saturated rings. The van der Waals surface area contributed by atoms with Crippen molar-refractivity contribution in [2.75, 3.05) is 13.7 Å². The van der Waals surface area contributed by atoms with Crippen LogP contribution in [-0.4, -0.2) is 19.7 Å². The molecule has 0 aliphatic carbocycles. The van der Waals surface area contributed by atoms with E-state index in [4.69, 9.17) is 25.8 Å². The van der Waals surface area contributed by atoms with Crippen molar-refractivity contribution in [3.05, 3.63) is 71.3 Å². The number of rotatable bonds is 7. The summed E-state index contributed by atoms with van der Waals surface area (Å²) in [5.41, 5.74) is 1.25. The molecule has 0 saturated carbocycles. The zero-order valence-corrected chi connectivity index (χ0v) is 13.5. The predicted molar refractivity (Wildman–Crippen MR) is 89.3 cm³/mol. The molecule has 0 bridgehead atoms. The van der Waals surface area contributed by atoms with E-state index in [0.29, 0.717) is 28.7 Å². The summed E-state index contributed by atoms with van der Waals surface area (Å²) < 4.78 is 16.0. The number of hydrogen-bond acceptors (Lipinski definition) is 4. The Morgan fingerprint density at radius 3 is 2.70 bits per heavy atom. The van der Waals surface area contributed by atoms with Crippen LogP contribution in [0.5, 0.6) is 11.5 Å². The van der Waals surface area contributed by atoms with E-state index in [9.17, 15) is 4.79 Å². The molecule has 0 N–H and O–H groups in total. The van der Waals surface area contributed by atoms with Crippen molar-refractivity contribution in [1.29, 1.82) is 0 Å². The number of halogens is 1. The average molecular weight is 333 g/mol. The van der Waals surface area contributed by atoms with Gasteiger partial charge in [-0.25, -0.2) is 4.79 Å². The zero-order chi connectivity index (χ0) is 16.7. The van der Waals surface area contributed by atoms with Crippen LogP contribution >= 0.6 is 11.6 Å². The number of esters is 1. The first-order valence-electron chi connectivity index (χ1n) is 6.98. The quantitative estimate of drug-likeness (QED) is 0.561. The Morgan fingerprint density at radius 1 is 1.22 bits per heavy atom. The van der Waals surface area contributed by atoms with Gasteiger partial charge in [-0.2, -0.15) is 0 Å². The molecule has 0 heterocycles. The van der Waals surface area contributed by atoms with Crippen LogP contribution in [-0.2, 0) is 11.3 Å². The largest absolute Gasteiger partial charge is 0.493 e. The molecule has 120 valence electrons. The molecule has 2 aromatic rings. The van der Waals surface area contributed by atoms with Crippen LogP contribution < -0.4 is 9.47 Å². The molecule has 0 unspecified atom stereocenters. The summed E-state index contributed by atoms with van der Waals surface area (Å²) in [6.07, 6.45) is 1.51. The lowest BCUT2D eigenvalue weighted by Gasteiger charge is -2.12. The highest BCUT2D eigenvalue weighted by molar-refractivity contribution is 6.31. The molecule has 4 nitrogen and oxygen atoms in total. The summed E-state index contributed by atoms with van der Waals surface area (Å²) in [7, 11) is 1.51. The van der Waals surface area contributed by atoms with Gasteiger partial charge in [-0.05, 0) is 24.3 Å². The number of methoxy groups -OCH3 is 1. The van der Waals surface area contributed by atoms with Gasteiger partial charge < -0.3 is 14.2 Å². The van der Waals surface area contributed by atoms with E-state index in [0.717, 1.165) is 5.56 Å². The van der Waals surface area contributed by atoms with Crippen molar-refractivity contribution >= 4 is 17.6 Å². The molecular weight excluding hydrogens is 316 g/mol. The van der Waals surface area contributed by atoms with Gasteiger partial charge >= 0.3 is 5.97 Å². The summed E-state index contributed by atoms with van der Waals surface area (Å²) >= 11 is 6.10. The fourth-order valence-electron chi connectivity index (χ4n) is 1.90. The van der Waals surface area contributed by atoms with Gasteiger partial charge in [-0.3, -0.25) is 0 Å². The number of carbonyl (C=O) groups excluding carboxylic acids is 1. The fourth-order valence-corrected chi connectivity index (χ4v) is 2.09. The molecule has 0 atom stereocenters. The van der Waals surface area contributed by atoms with E-state index < -0.39 is 5.97 Å². The predicted octanol–water partition coefficient (Wildman–Crippen LogP) is 4.27. The molecule has 0 aliphatic rings. The summed E-state index contributed by atoms with van der Waals surface area (Å²) in [5, 5.41) is 0.635. The van der Waals surface area contributed by atoms with Crippen LogP contribution in [0.3, 0.4) is 0 Å². The number of ether oxygens (including phenoxy) is 3. The van der Waals surface area contributed by atoms with Crippen LogP contribution in [0.15, 0.2) is 55.1 Å². The third-order valence-electron chi connectivity index (χ3n) is 3.07. The Morgan fingerprint density at radius 2 is 2.00 bits per heavy atom. The molecule has 2 aromatic carbocycles. The Kier molecular flexibility index (Phi) is 6.06. The standard InChI is InChI=1S/C18H17ClO4/c1-3-10-22-18(20)13-8-9-16(17(11-13)21-2)23-12-14-6-4-5-7-15(14)19/h3-9,11H,1,10,12H2,2H3. The molecule has 2 rings (SSSR count). The summed E-state index contributed by atoms with van der Waals surface area (Å²) in [5.74, 6) is 0.527. The molecule has 0 spiro atoms. The van der Waals surface area contributed by atoms with Crippen molar-refractivity contribution in [2.24, 2.45) is 0 Å². The van der Waals surface area contributed by atoms with Crippen LogP contribution in [0.4, 0.5) is 0 Å². The third-order valence-corrected chi connectivity index (χ3v) is 3.44. The maximum atomic E-state index is 11.8. The van der Waals surface area contributed by atoms with Crippen LogP contribution in [0.25, 0.3) is 0 Å². The summed E-state index contributed by atoms with van der Waals surface area (Å²) in [6, 6.07) is 12.3. The minimum absolute atomic E-state index is 0.159. The van der Waals surface area contributed by atoms with Gasteiger partial charge in [-0.15, -0.1) is 0 Å². The lowest BCUT2D eigenvalue weighted by Crippen LogP contribution is -2.06. The van der Waals surface area contributed by atoms with E-state index in [1.165, 1.54) is 13.2 Å². The third kappa shape index (κ3) is 4.50. The maximum absolute atomic E-state index is 11.8. The van der Waals surface area contributed by atoms with Gasteiger partial charge in [0.15, 0.2) is 11.5 Å². The smallest absolute Gasteiger partial charge is 0.338 e. The van der Waals surface area contributed by atoms with E-state index in [-0.39, 0.29) is 6.61 Å². The molecule has 0 aromatic heterocycles. The van der Waals surface area contributed by atoms with Gasteiger partial charge in [0, 0.05) is 10.6 Å². The second-order valence-electron chi connectivity index (χ2n) is 4.63. The van der Waals surface area contributed by atoms with Crippen molar-refractivity contribution in [2.45, 2.75) is 6.61 Å². The molecular formula is C18H17ClO4. The topological polar surface area (TPSA) is 44.8 Å². The first-order valence-corrected chi connectivity index (χ1v) is 7.35. The van der Waals surface area contributed by atoms with Gasteiger partial charge in [0.05, 0.1) is 12.7 Å². The lowest BCUT2D eigenvalue weighted by atomic mass is 10.2. The summed E-state index contributed by atoms with van der Waals surface area (Å²) in [6.45, 7) is 3.96. The highest BCUT2D eigenvalue weighted by Crippen LogP contribution is 2.29. The molecule has 0 aliphatic heterocycles. The monoisotopic (exact) mass is 332 g/mol. The normalized spacial score (nSPS) is 10.0. The minimum atomic E-state index is -0.444. The SMILES string of the molecule is C=CCOC(=O)c1ccc(OCc2ccccc2Cl)c(OC)c1. The highest BCUT2D eigenvalue weighted by Gasteiger charge is 2.12. The lowest BCUT2D eigenvalue weighted by molar-refractivity contribution is 0.0549. The minimum Gasteiger partial charge on any atom is -0.493 e. The molecule has 23 heavy (non-hydrogen) atoms. The average Bonchev–Trinajstić information content (AvgIpc) is 2.58. The van der Waals surface area contributed by atoms with E-state index in [1.807, 2.05) is 18.2 Å². The molecule has 5 heteroatoms. The van der Waals surface area contributed by atoms with Crippen molar-refractivity contribution in [1.82, 2.24) is 0 Å². The molecule has 0 radical (unpaired) electrons. The van der Waals surface area contributed by atoms with Crippen LogP contribution in [0.2, 0.25) is 5.02 Å². The fraction of sp³-hybridized carbons (Fsp3) is 0.167. The van der Waals surface area contributed by atoms with Crippen molar-refractivity contribution in [3.63, 3.8) is 0 Å². The van der Waals surface area contributed by atoms with Gasteiger partial charge in [0.2, 0.25) is 0 Å². The number of carbonyl (C=O) groups is 1. The van der Waals surface area contributed by atoms with Crippen molar-refractivity contribution < 1.29 is 19.0 Å². The van der Waals surface area contributed by atoms with E-state index in [2.05, 4.69) is 6.58 Å². The Bertz CT molecular complexity index is 697. The highest BCUT2D eigenvalue weighted by atomic mass is 35.5. The summed E-state index contributed by atoms with van der Waals surface area (Å²) in [4.78, 5) is 11.8. The Labute approximate surface area is 140 Å². The number of benzene rings is 2. The van der Waals surface area contributed by atoms with Crippen LogP contribution in [0, 0.1) is 0 Å². The Balaban J connectivity index is 2.12. The van der Waals surface area contributed by atoms with E-state index >= 15 is 0 Å². The molecule has 0 saturated heterocycles. The van der Waals surface area contributed by atoms with Gasteiger partial charge in [-0.1, -0.05) is 42.5 Å². The van der Waals surface area contributed by atoms with Gasteiger partial charge in [0.1, 0.15) is 13.2 Å². The second-order valence-corrected chi connectivity index (χ2v) is 5.04. The van der Waals surface area contributed by atoms with E-state index in [1.54, 1.807) is 24.3 Å².